The van der Waals surface area contributed by atoms with Crippen LogP contribution >= 0.6 is 0 Å². The van der Waals surface area contributed by atoms with Crippen LogP contribution in [0.3, 0.4) is 0 Å². The lowest BCUT2D eigenvalue weighted by atomic mass is 9.87. The summed E-state index contributed by atoms with van der Waals surface area (Å²) in [6.45, 7) is 2.26. The molecule has 1 aliphatic rings. The van der Waals surface area contributed by atoms with Crippen LogP contribution in [0.5, 0.6) is 0 Å². The zero-order valence-electron chi connectivity index (χ0n) is 14.0. The van der Waals surface area contributed by atoms with Crippen LogP contribution in [0.4, 0.5) is 4.39 Å². The Bertz CT molecular complexity index is 664. The molecule has 25 heavy (non-hydrogen) atoms. The molecule has 5 nitrogen and oxygen atoms in total. The first-order valence-electron chi connectivity index (χ1n) is 8.57. The number of benzene rings is 1. The molecular formula is C19H23FN2O3. The Labute approximate surface area is 146 Å². The molecule has 1 unspecified atom stereocenters. The molecule has 1 aliphatic heterocycles. The number of carbonyl (C=O) groups excluding carboxylic acids is 1. The van der Waals surface area contributed by atoms with Gasteiger partial charge in [0.05, 0.1) is 25.5 Å². The number of piperidine rings is 1. The van der Waals surface area contributed by atoms with Gasteiger partial charge in [0.15, 0.2) is 0 Å². The van der Waals surface area contributed by atoms with Gasteiger partial charge in [0, 0.05) is 0 Å². The van der Waals surface area contributed by atoms with E-state index >= 15 is 0 Å². The summed E-state index contributed by atoms with van der Waals surface area (Å²) >= 11 is 0. The number of halogens is 1. The molecule has 134 valence electrons. The van der Waals surface area contributed by atoms with Crippen molar-refractivity contribution in [2.45, 2.75) is 25.5 Å². The molecular weight excluding hydrogens is 323 g/mol. The number of aliphatic hydroxyl groups excluding tert-OH is 1. The average Bonchev–Trinajstić information content (AvgIpc) is 3.14. The first kappa shape index (κ1) is 17.6. The third-order valence-corrected chi connectivity index (χ3v) is 4.70. The predicted octanol–water partition coefficient (Wildman–Crippen LogP) is 2.48. The van der Waals surface area contributed by atoms with E-state index in [9.17, 15) is 14.3 Å². The molecule has 2 N–H and O–H groups in total. The van der Waals surface area contributed by atoms with Crippen LogP contribution in [0.25, 0.3) is 0 Å². The molecule has 1 saturated heterocycles. The van der Waals surface area contributed by atoms with Gasteiger partial charge in [-0.25, -0.2) is 4.39 Å². The molecule has 1 aromatic heterocycles. The monoisotopic (exact) mass is 346 g/mol. The molecule has 0 bridgehead atoms. The fourth-order valence-electron chi connectivity index (χ4n) is 3.22. The Morgan fingerprint density at radius 3 is 2.64 bits per heavy atom. The molecule has 1 fully saturated rings. The van der Waals surface area contributed by atoms with Crippen molar-refractivity contribution in [2.75, 3.05) is 19.6 Å². The number of hydrogen-bond donors (Lipinski definition) is 2. The highest BCUT2D eigenvalue weighted by molar-refractivity contribution is 5.77. The molecule has 0 aliphatic carbocycles. The van der Waals surface area contributed by atoms with Crippen molar-refractivity contribution in [3.8, 4) is 0 Å². The van der Waals surface area contributed by atoms with Crippen molar-refractivity contribution in [3.05, 3.63) is 59.8 Å². The van der Waals surface area contributed by atoms with Crippen molar-refractivity contribution in [2.24, 2.45) is 5.92 Å². The van der Waals surface area contributed by atoms with Gasteiger partial charge in [-0.15, -0.1) is 0 Å². The number of aliphatic hydroxyl groups is 1. The van der Waals surface area contributed by atoms with Crippen LogP contribution in [0.15, 0.2) is 47.1 Å². The lowest BCUT2D eigenvalue weighted by Gasteiger charge is -2.34. The number of carbonyl (C=O) groups is 1. The van der Waals surface area contributed by atoms with E-state index in [1.165, 1.54) is 12.1 Å². The Morgan fingerprint density at radius 1 is 1.28 bits per heavy atom. The first-order chi connectivity index (χ1) is 12.1. The Morgan fingerprint density at radius 2 is 2.00 bits per heavy atom. The summed E-state index contributed by atoms with van der Waals surface area (Å²) in [4.78, 5) is 14.1. The van der Waals surface area contributed by atoms with Gasteiger partial charge in [-0.1, -0.05) is 12.1 Å². The quantitative estimate of drug-likeness (QED) is 0.843. The van der Waals surface area contributed by atoms with E-state index in [0.29, 0.717) is 13.1 Å². The maximum absolute atomic E-state index is 13.0. The summed E-state index contributed by atoms with van der Waals surface area (Å²) in [5.41, 5.74) is 0.746. The minimum absolute atomic E-state index is 0.0334. The van der Waals surface area contributed by atoms with E-state index in [2.05, 4.69) is 10.2 Å². The van der Waals surface area contributed by atoms with Gasteiger partial charge in [0.25, 0.3) is 0 Å². The smallest absolute Gasteiger partial charge is 0.234 e. The summed E-state index contributed by atoms with van der Waals surface area (Å²) in [6, 6.07) is 9.62. The number of nitrogens with zero attached hydrogens (tertiary/aromatic N) is 1. The number of nitrogens with one attached hydrogen (secondary N) is 1. The van der Waals surface area contributed by atoms with Crippen molar-refractivity contribution in [3.63, 3.8) is 0 Å². The molecule has 3 rings (SSSR count). The molecule has 2 heterocycles. The van der Waals surface area contributed by atoms with E-state index in [1.807, 2.05) is 6.07 Å². The molecule has 1 atom stereocenters. The van der Waals surface area contributed by atoms with Crippen molar-refractivity contribution < 1.29 is 18.7 Å². The molecule has 6 heteroatoms. The SMILES string of the molecule is O=C(CN1CCC(C(O)c2ccc(F)cc2)CC1)NCc1ccco1. The normalized spacial score (nSPS) is 17.4. The maximum atomic E-state index is 13.0. The molecule has 1 amide bonds. The summed E-state index contributed by atoms with van der Waals surface area (Å²) in [5, 5.41) is 13.3. The van der Waals surface area contributed by atoms with Crippen LogP contribution in [-0.2, 0) is 11.3 Å². The van der Waals surface area contributed by atoms with Gasteiger partial charge in [-0.2, -0.15) is 0 Å². The Balaban J connectivity index is 1.42. The molecule has 2 aromatic rings. The van der Waals surface area contributed by atoms with E-state index < -0.39 is 6.10 Å². The zero-order chi connectivity index (χ0) is 17.6. The number of likely N-dealkylation sites (tertiary alicyclic amines) is 1. The van der Waals surface area contributed by atoms with Crippen molar-refractivity contribution >= 4 is 5.91 Å². The Hall–Kier alpha value is -2.18. The van der Waals surface area contributed by atoms with Crippen LogP contribution in [0, 0.1) is 11.7 Å². The summed E-state index contributed by atoms with van der Waals surface area (Å²) in [5.74, 6) is 0.530. The summed E-state index contributed by atoms with van der Waals surface area (Å²) < 4.78 is 18.2. The van der Waals surface area contributed by atoms with Crippen LogP contribution < -0.4 is 5.32 Å². The lowest BCUT2D eigenvalue weighted by Crippen LogP contribution is -2.42. The third-order valence-electron chi connectivity index (χ3n) is 4.70. The minimum Gasteiger partial charge on any atom is -0.467 e. The molecule has 0 spiro atoms. The minimum atomic E-state index is -0.587. The second-order valence-corrected chi connectivity index (χ2v) is 6.47. The van der Waals surface area contributed by atoms with Gasteiger partial charge in [-0.3, -0.25) is 9.69 Å². The first-order valence-corrected chi connectivity index (χ1v) is 8.57. The van der Waals surface area contributed by atoms with Crippen LogP contribution in [0.2, 0.25) is 0 Å². The molecule has 0 saturated carbocycles. The van der Waals surface area contributed by atoms with Gasteiger partial charge in [0.2, 0.25) is 5.91 Å². The van der Waals surface area contributed by atoms with Crippen LogP contribution in [0.1, 0.15) is 30.3 Å². The highest BCUT2D eigenvalue weighted by atomic mass is 19.1. The zero-order valence-corrected chi connectivity index (χ0v) is 14.0. The largest absolute Gasteiger partial charge is 0.467 e. The van der Waals surface area contributed by atoms with Gasteiger partial charge < -0.3 is 14.8 Å². The second kappa shape index (κ2) is 8.27. The maximum Gasteiger partial charge on any atom is 0.234 e. The molecule has 1 aromatic carbocycles. The highest BCUT2D eigenvalue weighted by Crippen LogP contribution is 2.30. The highest BCUT2D eigenvalue weighted by Gasteiger charge is 2.27. The van der Waals surface area contributed by atoms with Gasteiger partial charge in [0.1, 0.15) is 11.6 Å². The van der Waals surface area contributed by atoms with E-state index in [1.54, 1.807) is 24.5 Å². The van der Waals surface area contributed by atoms with Gasteiger partial charge >= 0.3 is 0 Å². The van der Waals surface area contributed by atoms with E-state index in [0.717, 1.165) is 37.3 Å². The van der Waals surface area contributed by atoms with Crippen molar-refractivity contribution in [1.82, 2.24) is 10.2 Å². The topological polar surface area (TPSA) is 65.7 Å². The average molecular weight is 346 g/mol. The fourth-order valence-corrected chi connectivity index (χ4v) is 3.22. The summed E-state index contributed by atoms with van der Waals surface area (Å²) in [6.07, 6.45) is 2.61. The standard InChI is InChI=1S/C19H23FN2O3/c20-16-5-3-14(4-6-16)19(24)15-7-9-22(10-8-15)13-18(23)21-12-17-2-1-11-25-17/h1-6,11,15,19,24H,7-10,12-13H2,(H,21,23). The predicted molar refractivity (Wildman–Crippen MR) is 91.1 cm³/mol. The lowest BCUT2D eigenvalue weighted by molar-refractivity contribution is -0.123. The third kappa shape index (κ3) is 4.90. The van der Waals surface area contributed by atoms with Crippen molar-refractivity contribution in [1.29, 1.82) is 0 Å². The number of amides is 1. The number of hydrogen-bond acceptors (Lipinski definition) is 4. The second-order valence-electron chi connectivity index (χ2n) is 6.47. The molecule has 0 radical (unpaired) electrons. The number of rotatable bonds is 6. The Kier molecular flexibility index (Phi) is 5.83. The van der Waals surface area contributed by atoms with E-state index in [-0.39, 0.29) is 17.6 Å². The summed E-state index contributed by atoms with van der Waals surface area (Å²) in [7, 11) is 0. The number of furan rings is 1. The fraction of sp³-hybridized carbons (Fsp3) is 0.421. The van der Waals surface area contributed by atoms with Crippen LogP contribution in [-0.4, -0.2) is 35.5 Å². The van der Waals surface area contributed by atoms with Gasteiger partial charge in [-0.05, 0) is 61.7 Å². The van der Waals surface area contributed by atoms with E-state index in [4.69, 9.17) is 4.42 Å².